The zero-order valence-corrected chi connectivity index (χ0v) is 37.4. The zero-order valence-electron chi connectivity index (χ0n) is 37.4. The molecule has 67 heavy (non-hydrogen) atoms. The summed E-state index contributed by atoms with van der Waals surface area (Å²) in [5.74, 6) is 0. The third-order valence-electron chi connectivity index (χ3n) is 14.4. The predicted octanol–water partition coefficient (Wildman–Crippen LogP) is 16.3. The number of anilines is 6. The second-order valence-electron chi connectivity index (χ2n) is 18.3. The molecular formula is C64H45N3. The molecule has 2 aliphatic heterocycles. The van der Waals surface area contributed by atoms with Crippen LogP contribution in [0.25, 0.3) is 38.6 Å². The van der Waals surface area contributed by atoms with Crippen molar-refractivity contribution in [2.45, 2.75) is 24.7 Å². The number of hydrogen-bond acceptors (Lipinski definition) is 2. The predicted molar refractivity (Wildman–Crippen MR) is 277 cm³/mol. The molecule has 0 unspecified atom stereocenters. The van der Waals surface area contributed by atoms with Crippen molar-refractivity contribution >= 4 is 55.9 Å². The molecule has 0 amide bonds. The van der Waals surface area contributed by atoms with Gasteiger partial charge in [0.05, 0.1) is 39.2 Å². The largest absolute Gasteiger partial charge is 0.310 e. The number of aromatic nitrogens is 1. The Kier molecular flexibility index (Phi) is 8.69. The fourth-order valence-corrected chi connectivity index (χ4v) is 11.5. The Hall–Kier alpha value is -8.58. The van der Waals surface area contributed by atoms with E-state index in [4.69, 9.17) is 0 Å². The summed E-state index contributed by atoms with van der Waals surface area (Å²) < 4.78 is 2.52. The lowest BCUT2D eigenvalue weighted by Crippen LogP contribution is -2.35. The summed E-state index contributed by atoms with van der Waals surface area (Å²) in [5.41, 5.74) is 19.2. The molecule has 3 nitrogen and oxygen atoms in total. The van der Waals surface area contributed by atoms with E-state index in [-0.39, 0.29) is 5.41 Å². The van der Waals surface area contributed by atoms with Gasteiger partial charge in [-0.3, -0.25) is 0 Å². The highest BCUT2D eigenvalue weighted by Crippen LogP contribution is 2.56. The van der Waals surface area contributed by atoms with Crippen LogP contribution in [0, 0.1) is 12.1 Å². The van der Waals surface area contributed by atoms with Crippen LogP contribution in [-0.4, -0.2) is 4.57 Å². The first-order chi connectivity index (χ1) is 33.0. The van der Waals surface area contributed by atoms with Crippen molar-refractivity contribution in [2.24, 2.45) is 0 Å². The molecule has 0 saturated carbocycles. The molecule has 11 aromatic rings. The van der Waals surface area contributed by atoms with E-state index in [9.17, 15) is 0 Å². The molecule has 0 atom stereocenters. The number of rotatable bonds is 7. The Balaban J connectivity index is 0.970. The van der Waals surface area contributed by atoms with Gasteiger partial charge in [0.25, 0.3) is 0 Å². The van der Waals surface area contributed by atoms with Gasteiger partial charge in [-0.2, -0.15) is 0 Å². The molecule has 0 N–H and O–H groups in total. The third-order valence-corrected chi connectivity index (χ3v) is 14.4. The van der Waals surface area contributed by atoms with E-state index >= 15 is 0 Å². The minimum atomic E-state index is -0.515. The summed E-state index contributed by atoms with van der Waals surface area (Å²) in [5, 5.41) is 2.47. The lowest BCUT2D eigenvalue weighted by Gasteiger charge is -2.42. The Morgan fingerprint density at radius 2 is 1.00 bits per heavy atom. The Morgan fingerprint density at radius 1 is 0.418 bits per heavy atom. The number of nitrogens with zero attached hydrogens (tertiary/aromatic N) is 3. The minimum Gasteiger partial charge on any atom is -0.310 e. The van der Waals surface area contributed by atoms with Crippen molar-refractivity contribution in [3.8, 4) is 16.8 Å². The minimum absolute atomic E-state index is 0.269. The molecule has 0 fully saturated rings. The van der Waals surface area contributed by atoms with Crippen LogP contribution in [0.5, 0.6) is 0 Å². The summed E-state index contributed by atoms with van der Waals surface area (Å²) in [6.07, 6.45) is 0. The molecular weight excluding hydrogens is 811 g/mol. The van der Waals surface area contributed by atoms with Gasteiger partial charge in [0.15, 0.2) is 0 Å². The molecule has 10 aromatic carbocycles. The Morgan fingerprint density at radius 3 is 1.66 bits per heavy atom. The van der Waals surface area contributed by atoms with Crippen molar-refractivity contribution in [2.75, 3.05) is 9.80 Å². The second-order valence-corrected chi connectivity index (χ2v) is 18.3. The summed E-state index contributed by atoms with van der Waals surface area (Å²) in [6, 6.07) is 93.5. The van der Waals surface area contributed by atoms with Gasteiger partial charge in [-0.25, -0.2) is 0 Å². The van der Waals surface area contributed by atoms with Gasteiger partial charge in [0, 0.05) is 38.8 Å². The van der Waals surface area contributed by atoms with E-state index in [1.54, 1.807) is 0 Å². The summed E-state index contributed by atoms with van der Waals surface area (Å²) in [6.45, 7) is 4.72. The van der Waals surface area contributed by atoms with Crippen LogP contribution in [0.3, 0.4) is 0 Å². The molecule has 1 aromatic heterocycles. The molecule has 3 heterocycles. The van der Waals surface area contributed by atoms with Gasteiger partial charge in [-0.05, 0) is 124 Å². The first-order valence-corrected chi connectivity index (χ1v) is 23.2. The lowest BCUT2D eigenvalue weighted by molar-refractivity contribution is 0.632. The number of hydrogen-bond donors (Lipinski definition) is 0. The molecule has 13 rings (SSSR count). The number of benzene rings is 9. The Labute approximate surface area is 392 Å². The fraction of sp³-hybridized carbons (Fsp3) is 0.0625. The van der Waals surface area contributed by atoms with E-state index in [0.29, 0.717) is 0 Å². The number of para-hydroxylation sites is 5. The molecule has 0 bridgehead atoms. The standard InChI is InChI=1S/C64H45N3/c1-63(2)54-29-15-17-32-59(54)66(61-40-36-45(42-57(61)63)44-34-37-50(38-35-44)65(48-24-11-5-12-25-48)49-26-13-6-14-27-49)51-39-41-58-53(43-51)52-28-19-31-56-62(52)67(58)60-33-18-16-30-55(60)64(56,46-20-7-3-8-21-46)47-22-9-4-10-23-47/h3-34,36-37,39-43H,1-2H3. The second kappa shape index (κ2) is 15.0. The summed E-state index contributed by atoms with van der Waals surface area (Å²) >= 11 is 0. The normalized spacial score (nSPS) is 13.9. The maximum absolute atomic E-state index is 3.58. The van der Waals surface area contributed by atoms with Crippen LogP contribution in [0.15, 0.2) is 237 Å². The highest BCUT2D eigenvalue weighted by Gasteiger charge is 2.45. The maximum atomic E-state index is 3.58. The number of fused-ring (bicyclic) bond motifs is 7. The van der Waals surface area contributed by atoms with Crippen molar-refractivity contribution in [3.63, 3.8) is 0 Å². The average Bonchev–Trinajstić information content (AvgIpc) is 3.73. The molecule has 0 spiro atoms. The summed E-state index contributed by atoms with van der Waals surface area (Å²) in [4.78, 5) is 4.71. The molecule has 2 aliphatic rings. The fourth-order valence-electron chi connectivity index (χ4n) is 11.5. The van der Waals surface area contributed by atoms with E-state index < -0.39 is 5.41 Å². The zero-order chi connectivity index (χ0) is 44.7. The van der Waals surface area contributed by atoms with E-state index in [1.807, 2.05) is 0 Å². The highest BCUT2D eigenvalue weighted by molar-refractivity contribution is 6.13. The van der Waals surface area contributed by atoms with Gasteiger partial charge in [0.2, 0.25) is 0 Å². The van der Waals surface area contributed by atoms with E-state index in [2.05, 4.69) is 277 Å². The van der Waals surface area contributed by atoms with Crippen LogP contribution in [-0.2, 0) is 10.8 Å². The third kappa shape index (κ3) is 5.73. The Bertz CT molecular complexity index is 3570. The maximum Gasteiger partial charge on any atom is 0.0973 e. The summed E-state index contributed by atoms with van der Waals surface area (Å²) in [7, 11) is 0. The average molecular weight is 856 g/mol. The SMILES string of the molecule is CC1(C)c2ccccc2N(c2ccc3c(c2)c2cccc4c2n3-c2ccccc2C4(c2ccccc2)c2ccccc2)c2ccc(-c3c#cc(N(c4ccccc4)c4ccccc4)cc3)cc21. The molecule has 316 valence electrons. The van der Waals surface area contributed by atoms with Gasteiger partial charge >= 0.3 is 0 Å². The molecule has 3 heteroatoms. The smallest absolute Gasteiger partial charge is 0.0973 e. The monoisotopic (exact) mass is 855 g/mol. The van der Waals surface area contributed by atoms with Crippen molar-refractivity contribution in [1.82, 2.24) is 4.57 Å². The van der Waals surface area contributed by atoms with E-state index in [1.165, 1.54) is 72.2 Å². The van der Waals surface area contributed by atoms with Crippen LogP contribution in [0.1, 0.15) is 47.2 Å². The first-order valence-electron chi connectivity index (χ1n) is 23.2. The van der Waals surface area contributed by atoms with Crippen LogP contribution in [0.2, 0.25) is 0 Å². The lowest BCUT2D eigenvalue weighted by atomic mass is 9.63. The molecule has 0 aliphatic carbocycles. The van der Waals surface area contributed by atoms with Crippen LogP contribution >= 0.6 is 0 Å². The van der Waals surface area contributed by atoms with Gasteiger partial charge < -0.3 is 14.4 Å². The van der Waals surface area contributed by atoms with Crippen molar-refractivity contribution < 1.29 is 0 Å². The van der Waals surface area contributed by atoms with Gasteiger partial charge in [-0.15, -0.1) is 0 Å². The highest BCUT2D eigenvalue weighted by atomic mass is 15.2. The first kappa shape index (κ1) is 38.8. The quantitative estimate of drug-likeness (QED) is 0.158. The van der Waals surface area contributed by atoms with Gasteiger partial charge in [0.1, 0.15) is 0 Å². The van der Waals surface area contributed by atoms with Crippen molar-refractivity contribution in [1.29, 1.82) is 0 Å². The molecule has 0 radical (unpaired) electrons. The van der Waals surface area contributed by atoms with Crippen LogP contribution in [0.4, 0.5) is 34.1 Å². The molecule has 0 saturated heterocycles. The topological polar surface area (TPSA) is 11.4 Å². The van der Waals surface area contributed by atoms with Crippen molar-refractivity contribution in [3.05, 3.63) is 282 Å². The van der Waals surface area contributed by atoms with E-state index in [0.717, 1.165) is 33.9 Å². The van der Waals surface area contributed by atoms with Gasteiger partial charge in [-0.1, -0.05) is 178 Å². The van der Waals surface area contributed by atoms with Crippen LogP contribution < -0.4 is 9.80 Å².